The molecule has 6 heteroatoms. The lowest BCUT2D eigenvalue weighted by Crippen LogP contribution is -2.07. The van der Waals surface area contributed by atoms with Gasteiger partial charge in [-0.15, -0.1) is 0 Å². The number of rotatable bonds is 3. The van der Waals surface area contributed by atoms with Gasteiger partial charge in [-0.2, -0.15) is 0 Å². The molecule has 0 atom stereocenters. The maximum absolute atomic E-state index is 13.4. The summed E-state index contributed by atoms with van der Waals surface area (Å²) >= 11 is 6.16. The maximum Gasteiger partial charge on any atom is 0.201 e. The zero-order chi connectivity index (χ0) is 20.8. The highest BCUT2D eigenvalue weighted by Gasteiger charge is 2.19. The number of halogens is 1. The van der Waals surface area contributed by atoms with Crippen LogP contribution in [0.1, 0.15) is 5.56 Å². The predicted octanol–water partition coefficient (Wildman–Crippen LogP) is 5.49. The average molecular weight is 425 g/mol. The Morgan fingerprint density at radius 3 is 2.21 bits per heavy atom. The molecule has 0 saturated carbocycles. The van der Waals surface area contributed by atoms with Crippen molar-refractivity contribution >= 4 is 32.4 Å². The van der Waals surface area contributed by atoms with Gasteiger partial charge in [0.05, 0.1) is 15.8 Å². The van der Waals surface area contributed by atoms with Gasteiger partial charge >= 0.3 is 0 Å². The van der Waals surface area contributed by atoms with Gasteiger partial charge in [0.2, 0.25) is 5.43 Å². The van der Waals surface area contributed by atoms with Crippen molar-refractivity contribution in [2.24, 2.45) is 0 Å². The van der Waals surface area contributed by atoms with Crippen molar-refractivity contribution in [1.29, 1.82) is 0 Å². The molecule has 0 bridgehead atoms. The Bertz CT molecular complexity index is 1400. The first kappa shape index (κ1) is 19.4. The van der Waals surface area contributed by atoms with E-state index < -0.39 is 9.84 Å². The predicted molar refractivity (Wildman–Crippen MR) is 116 cm³/mol. The summed E-state index contributed by atoms with van der Waals surface area (Å²) in [6.45, 7) is 1.87. The van der Waals surface area contributed by atoms with Gasteiger partial charge in [0.15, 0.2) is 9.84 Å². The molecule has 0 aliphatic carbocycles. The molecule has 146 valence electrons. The minimum atomic E-state index is -3.32. The summed E-state index contributed by atoms with van der Waals surface area (Å²) in [5, 5.41) is 1.09. The van der Waals surface area contributed by atoms with E-state index in [-0.39, 0.29) is 10.3 Å². The Balaban J connectivity index is 2.04. The summed E-state index contributed by atoms with van der Waals surface area (Å²) in [5.41, 5.74) is 2.87. The number of hydrogen-bond donors (Lipinski definition) is 0. The van der Waals surface area contributed by atoms with Gasteiger partial charge in [0, 0.05) is 16.8 Å². The van der Waals surface area contributed by atoms with E-state index in [4.69, 9.17) is 16.0 Å². The molecule has 1 aromatic heterocycles. The monoisotopic (exact) mass is 424 g/mol. The van der Waals surface area contributed by atoms with E-state index in [1.165, 1.54) is 12.1 Å². The lowest BCUT2D eigenvalue weighted by atomic mass is 9.97. The van der Waals surface area contributed by atoms with Crippen LogP contribution in [0.5, 0.6) is 0 Å². The maximum atomic E-state index is 13.4. The van der Waals surface area contributed by atoms with Crippen molar-refractivity contribution < 1.29 is 12.8 Å². The van der Waals surface area contributed by atoms with E-state index in [1.807, 2.05) is 13.0 Å². The average Bonchev–Trinajstić information content (AvgIpc) is 2.70. The molecular formula is C23H17ClO4S. The third-order valence-corrected chi connectivity index (χ3v) is 6.34. The lowest BCUT2D eigenvalue weighted by Gasteiger charge is -2.12. The van der Waals surface area contributed by atoms with Crippen LogP contribution in [0.15, 0.2) is 80.8 Å². The van der Waals surface area contributed by atoms with Gasteiger partial charge in [-0.25, -0.2) is 8.42 Å². The van der Waals surface area contributed by atoms with Crippen LogP contribution in [0.25, 0.3) is 33.4 Å². The van der Waals surface area contributed by atoms with E-state index in [1.54, 1.807) is 48.5 Å². The highest BCUT2D eigenvalue weighted by Crippen LogP contribution is 2.34. The second-order valence-electron chi connectivity index (χ2n) is 6.89. The topological polar surface area (TPSA) is 64.3 Å². The number of hydrogen-bond acceptors (Lipinski definition) is 4. The van der Waals surface area contributed by atoms with E-state index in [0.717, 1.165) is 11.8 Å². The molecule has 0 saturated heterocycles. The van der Waals surface area contributed by atoms with E-state index >= 15 is 0 Å². The summed E-state index contributed by atoms with van der Waals surface area (Å²) in [7, 11) is -3.32. The summed E-state index contributed by atoms with van der Waals surface area (Å²) in [6.07, 6.45) is 1.15. The molecule has 0 spiro atoms. The van der Waals surface area contributed by atoms with Gasteiger partial charge in [-0.1, -0.05) is 29.8 Å². The van der Waals surface area contributed by atoms with Crippen LogP contribution < -0.4 is 5.43 Å². The molecule has 0 aliphatic heterocycles. The van der Waals surface area contributed by atoms with E-state index in [0.29, 0.717) is 38.4 Å². The quantitative estimate of drug-likeness (QED) is 0.436. The molecular weight excluding hydrogens is 408 g/mol. The number of benzene rings is 3. The Kier molecular flexibility index (Phi) is 4.81. The molecule has 4 aromatic rings. The number of aryl methyl sites for hydroxylation is 1. The van der Waals surface area contributed by atoms with Crippen LogP contribution >= 0.6 is 11.6 Å². The fourth-order valence-corrected chi connectivity index (χ4v) is 4.01. The van der Waals surface area contributed by atoms with Crippen molar-refractivity contribution in [2.45, 2.75) is 11.8 Å². The van der Waals surface area contributed by atoms with E-state index in [2.05, 4.69) is 0 Å². The summed E-state index contributed by atoms with van der Waals surface area (Å²) < 4.78 is 29.7. The zero-order valence-electron chi connectivity index (χ0n) is 15.8. The Labute approximate surface area is 173 Å². The molecule has 4 nitrogen and oxygen atoms in total. The van der Waals surface area contributed by atoms with Gasteiger partial charge < -0.3 is 4.42 Å². The molecule has 0 amide bonds. The Hall–Kier alpha value is -2.89. The normalized spacial score (nSPS) is 11.7. The SMILES string of the molecule is Cc1cc(-c2c(-c3ccc(S(C)(=O)=O)cc3)oc3ccccc3c2=O)ccc1Cl. The van der Waals surface area contributed by atoms with Crippen molar-refractivity contribution in [3.05, 3.63) is 87.5 Å². The first-order chi connectivity index (χ1) is 13.8. The highest BCUT2D eigenvalue weighted by molar-refractivity contribution is 7.90. The van der Waals surface area contributed by atoms with Gasteiger partial charge in [-0.05, 0) is 66.6 Å². The number of para-hydroxylation sites is 1. The Morgan fingerprint density at radius 2 is 1.55 bits per heavy atom. The molecule has 0 fully saturated rings. The molecule has 4 rings (SSSR count). The molecule has 29 heavy (non-hydrogen) atoms. The van der Waals surface area contributed by atoms with Crippen molar-refractivity contribution in [2.75, 3.05) is 6.26 Å². The third kappa shape index (κ3) is 3.59. The fourth-order valence-electron chi connectivity index (χ4n) is 3.26. The summed E-state index contributed by atoms with van der Waals surface area (Å²) in [4.78, 5) is 13.6. The molecule has 3 aromatic carbocycles. The van der Waals surface area contributed by atoms with E-state index in [9.17, 15) is 13.2 Å². The smallest absolute Gasteiger partial charge is 0.201 e. The third-order valence-electron chi connectivity index (χ3n) is 4.79. The minimum absolute atomic E-state index is 0.157. The van der Waals surface area contributed by atoms with Crippen molar-refractivity contribution in [1.82, 2.24) is 0 Å². The molecule has 1 heterocycles. The lowest BCUT2D eigenvalue weighted by molar-refractivity contribution is 0.601. The first-order valence-corrected chi connectivity index (χ1v) is 11.2. The molecule has 0 unspecified atom stereocenters. The van der Waals surface area contributed by atoms with Crippen LogP contribution in [0.2, 0.25) is 5.02 Å². The van der Waals surface area contributed by atoms with Gasteiger partial charge in [-0.3, -0.25) is 4.79 Å². The summed E-state index contributed by atoms with van der Waals surface area (Å²) in [6, 6.07) is 18.7. The second kappa shape index (κ2) is 7.17. The minimum Gasteiger partial charge on any atom is -0.455 e. The highest BCUT2D eigenvalue weighted by atomic mass is 35.5. The van der Waals surface area contributed by atoms with Gasteiger partial charge in [0.1, 0.15) is 11.3 Å². The van der Waals surface area contributed by atoms with Crippen molar-refractivity contribution in [3.8, 4) is 22.5 Å². The molecule has 0 N–H and O–H groups in total. The van der Waals surface area contributed by atoms with Crippen LogP contribution in [0, 0.1) is 6.92 Å². The summed E-state index contributed by atoms with van der Waals surface area (Å²) in [5.74, 6) is 0.385. The fraction of sp³-hybridized carbons (Fsp3) is 0.0870. The molecule has 0 radical (unpaired) electrons. The Morgan fingerprint density at radius 1 is 0.897 bits per heavy atom. The number of sulfone groups is 1. The second-order valence-corrected chi connectivity index (χ2v) is 9.31. The molecule has 0 aliphatic rings. The zero-order valence-corrected chi connectivity index (χ0v) is 17.3. The number of fused-ring (bicyclic) bond motifs is 1. The van der Waals surface area contributed by atoms with Crippen LogP contribution in [0.3, 0.4) is 0 Å². The first-order valence-electron chi connectivity index (χ1n) is 8.88. The van der Waals surface area contributed by atoms with Crippen LogP contribution in [-0.4, -0.2) is 14.7 Å². The van der Waals surface area contributed by atoms with Crippen molar-refractivity contribution in [3.63, 3.8) is 0 Å². The largest absolute Gasteiger partial charge is 0.455 e. The van der Waals surface area contributed by atoms with Gasteiger partial charge in [0.25, 0.3) is 0 Å². The standard InChI is InChI=1S/C23H17ClO4S/c1-14-13-16(9-12-19(14)24)21-22(25)18-5-3-4-6-20(18)28-23(21)15-7-10-17(11-8-15)29(2,26)27/h3-13H,1-2H3. The van der Waals surface area contributed by atoms with Crippen LogP contribution in [0.4, 0.5) is 0 Å². The van der Waals surface area contributed by atoms with Crippen LogP contribution in [-0.2, 0) is 9.84 Å².